The van der Waals surface area contributed by atoms with Crippen molar-refractivity contribution in [3.63, 3.8) is 0 Å². The van der Waals surface area contributed by atoms with Crippen LogP contribution in [0.1, 0.15) is 26.4 Å². The second kappa shape index (κ2) is 9.13. The van der Waals surface area contributed by atoms with E-state index in [2.05, 4.69) is 10.3 Å². The number of ether oxygens (including phenoxy) is 3. The number of aromatic nitrogens is 1. The summed E-state index contributed by atoms with van der Waals surface area (Å²) in [5.74, 6) is -0.627. The maximum atomic E-state index is 12.5. The Morgan fingerprint density at radius 3 is 2.47 bits per heavy atom. The Balaban J connectivity index is 1.55. The molecular formula is C22H22N2O6. The Bertz CT molecular complexity index is 1100. The first-order valence-electron chi connectivity index (χ1n) is 9.21. The number of amides is 1. The summed E-state index contributed by atoms with van der Waals surface area (Å²) in [5.41, 5.74) is 2.34. The van der Waals surface area contributed by atoms with Crippen LogP contribution in [-0.2, 0) is 9.53 Å². The fourth-order valence-corrected chi connectivity index (χ4v) is 3.14. The largest absolute Gasteiger partial charge is 0.493 e. The van der Waals surface area contributed by atoms with Crippen molar-refractivity contribution < 1.29 is 28.6 Å². The number of rotatable bonds is 8. The van der Waals surface area contributed by atoms with Gasteiger partial charge in [0.05, 0.1) is 14.2 Å². The lowest BCUT2D eigenvalue weighted by Crippen LogP contribution is -2.31. The molecule has 2 aromatic carbocycles. The van der Waals surface area contributed by atoms with Gasteiger partial charge in [0.2, 0.25) is 5.78 Å². The molecule has 0 saturated heterocycles. The van der Waals surface area contributed by atoms with E-state index in [9.17, 15) is 14.4 Å². The summed E-state index contributed by atoms with van der Waals surface area (Å²) in [5, 5.41) is 3.24. The van der Waals surface area contributed by atoms with E-state index in [0.29, 0.717) is 28.3 Å². The van der Waals surface area contributed by atoms with Crippen LogP contribution in [0.4, 0.5) is 0 Å². The molecule has 30 heavy (non-hydrogen) atoms. The number of carbonyl (C=O) groups excluding carboxylic acids is 3. The molecule has 0 aliphatic rings. The predicted molar refractivity (Wildman–Crippen MR) is 110 cm³/mol. The number of nitrogens with one attached hydrogen (secondary N) is 2. The van der Waals surface area contributed by atoms with Gasteiger partial charge in [-0.3, -0.25) is 14.4 Å². The van der Waals surface area contributed by atoms with Gasteiger partial charge in [-0.2, -0.15) is 0 Å². The van der Waals surface area contributed by atoms with E-state index >= 15 is 0 Å². The summed E-state index contributed by atoms with van der Waals surface area (Å²) in [6, 6.07) is 12.0. The summed E-state index contributed by atoms with van der Waals surface area (Å²) < 4.78 is 15.3. The van der Waals surface area contributed by atoms with E-state index in [0.717, 1.165) is 10.9 Å². The average molecular weight is 410 g/mol. The minimum absolute atomic E-state index is 0.297. The Labute approximate surface area is 173 Å². The third-order valence-corrected chi connectivity index (χ3v) is 4.58. The van der Waals surface area contributed by atoms with Crippen LogP contribution < -0.4 is 14.8 Å². The Morgan fingerprint density at radius 1 is 1.00 bits per heavy atom. The molecule has 1 aromatic heterocycles. The van der Waals surface area contributed by atoms with Crippen LogP contribution >= 0.6 is 0 Å². The number of methoxy groups -OCH3 is 2. The number of H-pyrrole nitrogens is 1. The topological polar surface area (TPSA) is 107 Å². The third-order valence-electron chi connectivity index (χ3n) is 4.58. The highest BCUT2D eigenvalue weighted by molar-refractivity contribution is 6.10. The molecule has 3 rings (SSSR count). The number of Topliss-reactive ketones (excluding diaryl/α,β-unsaturated/α-hetero) is 1. The lowest BCUT2D eigenvalue weighted by atomic mass is 10.1. The van der Waals surface area contributed by atoms with Crippen molar-refractivity contribution in [3.8, 4) is 11.5 Å². The first-order valence-corrected chi connectivity index (χ1v) is 9.21. The second-order valence-electron chi connectivity index (χ2n) is 6.51. The third kappa shape index (κ3) is 4.43. The SMILES string of the molecule is COc1ccc(C(=O)NCC(=O)OCC(=O)c2c(C)[nH]c3ccccc23)cc1OC. The van der Waals surface area contributed by atoms with E-state index in [-0.39, 0.29) is 12.3 Å². The van der Waals surface area contributed by atoms with Gasteiger partial charge in [0, 0.05) is 27.7 Å². The van der Waals surface area contributed by atoms with Gasteiger partial charge in [-0.05, 0) is 31.2 Å². The number of aromatic amines is 1. The van der Waals surface area contributed by atoms with E-state index in [1.54, 1.807) is 19.1 Å². The number of hydrogen-bond acceptors (Lipinski definition) is 6. The number of benzene rings is 2. The number of fused-ring (bicyclic) bond motifs is 1. The Hall–Kier alpha value is -3.81. The number of ketones is 1. The van der Waals surface area contributed by atoms with Gasteiger partial charge >= 0.3 is 5.97 Å². The van der Waals surface area contributed by atoms with Crippen molar-refractivity contribution in [2.24, 2.45) is 0 Å². The zero-order valence-corrected chi connectivity index (χ0v) is 16.9. The highest BCUT2D eigenvalue weighted by Gasteiger charge is 2.18. The lowest BCUT2D eigenvalue weighted by Gasteiger charge is -2.10. The number of esters is 1. The first kappa shape index (κ1) is 20.9. The number of aryl methyl sites for hydroxylation is 1. The number of hydrogen-bond donors (Lipinski definition) is 2. The van der Waals surface area contributed by atoms with Crippen LogP contribution in [0.5, 0.6) is 11.5 Å². The monoisotopic (exact) mass is 410 g/mol. The highest BCUT2D eigenvalue weighted by Crippen LogP contribution is 2.27. The number of para-hydroxylation sites is 1. The average Bonchev–Trinajstić information content (AvgIpc) is 3.10. The Morgan fingerprint density at radius 2 is 1.73 bits per heavy atom. The molecule has 156 valence electrons. The summed E-state index contributed by atoms with van der Waals surface area (Å²) in [6.45, 7) is 1.01. The van der Waals surface area contributed by atoms with E-state index < -0.39 is 18.5 Å². The summed E-state index contributed by atoms with van der Waals surface area (Å²) in [4.78, 5) is 39.9. The molecule has 0 fully saturated rings. The second-order valence-corrected chi connectivity index (χ2v) is 6.51. The molecule has 2 N–H and O–H groups in total. The normalized spacial score (nSPS) is 10.5. The van der Waals surface area contributed by atoms with E-state index in [1.165, 1.54) is 20.3 Å². The van der Waals surface area contributed by atoms with Gasteiger partial charge in [0.25, 0.3) is 5.91 Å². The van der Waals surface area contributed by atoms with E-state index in [4.69, 9.17) is 14.2 Å². The molecule has 0 saturated carbocycles. The van der Waals surface area contributed by atoms with E-state index in [1.807, 2.05) is 24.3 Å². The zero-order chi connectivity index (χ0) is 21.7. The molecule has 0 unspecified atom stereocenters. The van der Waals surface area contributed by atoms with Crippen LogP contribution in [0.15, 0.2) is 42.5 Å². The predicted octanol–water partition coefficient (Wildman–Crippen LogP) is 2.65. The van der Waals surface area contributed by atoms with Crippen molar-refractivity contribution in [3.05, 3.63) is 59.3 Å². The van der Waals surface area contributed by atoms with Gasteiger partial charge in [0.1, 0.15) is 6.54 Å². The van der Waals surface area contributed by atoms with Gasteiger partial charge in [-0.15, -0.1) is 0 Å². The fourth-order valence-electron chi connectivity index (χ4n) is 3.14. The minimum Gasteiger partial charge on any atom is -0.493 e. The molecule has 8 heteroatoms. The molecule has 0 bridgehead atoms. The molecule has 0 aliphatic carbocycles. The van der Waals surface area contributed by atoms with Crippen molar-refractivity contribution in [1.82, 2.24) is 10.3 Å². The maximum Gasteiger partial charge on any atom is 0.325 e. The van der Waals surface area contributed by atoms with Crippen LogP contribution in [0.25, 0.3) is 10.9 Å². The molecule has 1 heterocycles. The standard InChI is InChI=1S/C22H22N2O6/c1-13-21(15-6-4-5-7-16(15)24-13)17(25)12-30-20(26)11-23-22(27)14-8-9-18(28-2)19(10-14)29-3/h4-10,24H,11-12H2,1-3H3,(H,23,27). The van der Waals surface area contributed by atoms with Crippen molar-refractivity contribution in [2.75, 3.05) is 27.4 Å². The van der Waals surface area contributed by atoms with Gasteiger partial charge < -0.3 is 24.5 Å². The quantitative estimate of drug-likeness (QED) is 0.437. The van der Waals surface area contributed by atoms with Crippen LogP contribution in [0.2, 0.25) is 0 Å². The van der Waals surface area contributed by atoms with Gasteiger partial charge in [-0.25, -0.2) is 0 Å². The van der Waals surface area contributed by atoms with Crippen molar-refractivity contribution in [1.29, 1.82) is 0 Å². The highest BCUT2D eigenvalue weighted by atomic mass is 16.5. The van der Waals surface area contributed by atoms with Crippen LogP contribution in [0, 0.1) is 6.92 Å². The summed E-state index contributed by atoms with van der Waals surface area (Å²) in [6.07, 6.45) is 0. The fraction of sp³-hybridized carbons (Fsp3) is 0.227. The van der Waals surface area contributed by atoms with Gasteiger partial charge in [-0.1, -0.05) is 18.2 Å². The molecule has 3 aromatic rings. The van der Waals surface area contributed by atoms with Crippen LogP contribution in [-0.4, -0.2) is 50.0 Å². The smallest absolute Gasteiger partial charge is 0.325 e. The van der Waals surface area contributed by atoms with Crippen molar-refractivity contribution >= 4 is 28.6 Å². The van der Waals surface area contributed by atoms with Crippen LogP contribution in [0.3, 0.4) is 0 Å². The molecule has 8 nitrogen and oxygen atoms in total. The molecule has 0 atom stereocenters. The first-order chi connectivity index (χ1) is 14.4. The molecule has 0 spiro atoms. The molecular weight excluding hydrogens is 388 g/mol. The Kier molecular flexibility index (Phi) is 6.36. The van der Waals surface area contributed by atoms with Crippen molar-refractivity contribution in [2.45, 2.75) is 6.92 Å². The minimum atomic E-state index is -0.713. The number of carbonyl (C=O) groups is 3. The summed E-state index contributed by atoms with van der Waals surface area (Å²) in [7, 11) is 2.95. The molecule has 1 amide bonds. The van der Waals surface area contributed by atoms with Gasteiger partial charge in [0.15, 0.2) is 18.1 Å². The lowest BCUT2D eigenvalue weighted by molar-refractivity contribution is -0.141. The zero-order valence-electron chi connectivity index (χ0n) is 16.9. The molecule has 0 aliphatic heterocycles. The molecule has 0 radical (unpaired) electrons. The maximum absolute atomic E-state index is 12.5. The summed E-state index contributed by atoms with van der Waals surface area (Å²) >= 11 is 0.